The lowest BCUT2D eigenvalue weighted by Crippen LogP contribution is -2.37. The molecule has 1 fully saturated rings. The van der Waals surface area contributed by atoms with E-state index in [0.29, 0.717) is 6.61 Å². The maximum absolute atomic E-state index is 11.7. The Bertz CT molecular complexity index is 433. The summed E-state index contributed by atoms with van der Waals surface area (Å²) < 4.78 is 10.8. The third-order valence-electron chi connectivity index (χ3n) is 4.09. The normalized spacial score (nSPS) is 15.7. The van der Waals surface area contributed by atoms with Crippen LogP contribution in [0.15, 0.2) is 30.3 Å². The van der Waals surface area contributed by atoms with Crippen molar-refractivity contribution in [1.29, 1.82) is 0 Å². The molecule has 0 amide bonds. The molecule has 2 rings (SSSR count). The van der Waals surface area contributed by atoms with Crippen molar-refractivity contribution in [3.8, 4) is 5.75 Å². The number of unbranched alkanes of at least 4 members (excludes halogenated alkanes) is 1. The highest BCUT2D eigenvalue weighted by molar-refractivity contribution is 5.85. The quantitative estimate of drug-likeness (QED) is 0.535. The first kappa shape index (κ1) is 19.8. The zero-order valence-corrected chi connectivity index (χ0v) is 14.7. The van der Waals surface area contributed by atoms with Crippen molar-refractivity contribution >= 4 is 18.4 Å². The molecule has 23 heavy (non-hydrogen) atoms. The maximum Gasteiger partial charge on any atom is 0.309 e. The van der Waals surface area contributed by atoms with Crippen LogP contribution in [0.2, 0.25) is 0 Å². The van der Waals surface area contributed by atoms with E-state index >= 15 is 0 Å². The van der Waals surface area contributed by atoms with Gasteiger partial charge in [-0.1, -0.05) is 18.2 Å². The molecule has 1 aliphatic heterocycles. The van der Waals surface area contributed by atoms with Gasteiger partial charge in [-0.15, -0.1) is 12.4 Å². The molecule has 5 heteroatoms. The molecule has 1 aliphatic rings. The zero-order chi connectivity index (χ0) is 15.6. The summed E-state index contributed by atoms with van der Waals surface area (Å²) in [6, 6.07) is 9.94. The van der Waals surface area contributed by atoms with E-state index in [1.807, 2.05) is 37.3 Å². The number of benzene rings is 1. The van der Waals surface area contributed by atoms with Gasteiger partial charge < -0.3 is 14.4 Å². The highest BCUT2D eigenvalue weighted by atomic mass is 35.5. The average Bonchev–Trinajstić information content (AvgIpc) is 2.56. The third kappa shape index (κ3) is 7.23. The fourth-order valence-corrected chi connectivity index (χ4v) is 2.80. The van der Waals surface area contributed by atoms with Crippen molar-refractivity contribution < 1.29 is 14.3 Å². The van der Waals surface area contributed by atoms with Crippen LogP contribution in [0.1, 0.15) is 32.6 Å². The van der Waals surface area contributed by atoms with Crippen LogP contribution in [0.25, 0.3) is 0 Å². The number of hydrogen-bond donors (Lipinski definition) is 0. The van der Waals surface area contributed by atoms with Crippen LogP contribution >= 0.6 is 12.4 Å². The number of ether oxygens (including phenoxy) is 2. The summed E-state index contributed by atoms with van der Waals surface area (Å²) in [5.41, 5.74) is 0. The van der Waals surface area contributed by atoms with Gasteiger partial charge in [0.2, 0.25) is 0 Å². The van der Waals surface area contributed by atoms with Gasteiger partial charge in [0.05, 0.1) is 19.1 Å². The molecule has 0 aromatic heterocycles. The van der Waals surface area contributed by atoms with Crippen molar-refractivity contribution in [3.63, 3.8) is 0 Å². The molecule has 1 aromatic rings. The fourth-order valence-electron chi connectivity index (χ4n) is 2.80. The molecule has 0 atom stereocenters. The van der Waals surface area contributed by atoms with Crippen LogP contribution in [-0.2, 0) is 9.53 Å². The topological polar surface area (TPSA) is 38.8 Å². The van der Waals surface area contributed by atoms with E-state index in [-0.39, 0.29) is 24.3 Å². The summed E-state index contributed by atoms with van der Waals surface area (Å²) >= 11 is 0. The second kappa shape index (κ2) is 11.3. The van der Waals surface area contributed by atoms with E-state index in [4.69, 9.17) is 9.47 Å². The standard InChI is InChI=1S/C18H27NO3.ClH/c1-2-21-18(20)16-10-13-19(14-11-16)12-6-7-15-22-17-8-4-3-5-9-17;/h3-5,8-9,16H,2,6-7,10-15H2,1H3;1H. The van der Waals surface area contributed by atoms with Gasteiger partial charge in [-0.3, -0.25) is 4.79 Å². The molecule has 1 heterocycles. The molecule has 1 saturated heterocycles. The fraction of sp³-hybridized carbons (Fsp3) is 0.611. The van der Waals surface area contributed by atoms with E-state index in [1.54, 1.807) is 0 Å². The Morgan fingerprint density at radius 2 is 1.87 bits per heavy atom. The van der Waals surface area contributed by atoms with Gasteiger partial charge in [-0.05, 0) is 64.4 Å². The van der Waals surface area contributed by atoms with Crippen molar-refractivity contribution in [2.24, 2.45) is 5.92 Å². The second-order valence-electron chi connectivity index (χ2n) is 5.74. The largest absolute Gasteiger partial charge is 0.494 e. The number of esters is 1. The lowest BCUT2D eigenvalue weighted by molar-refractivity contribution is -0.149. The maximum atomic E-state index is 11.7. The molecule has 130 valence electrons. The highest BCUT2D eigenvalue weighted by Crippen LogP contribution is 2.19. The Balaban J connectivity index is 0.00000264. The predicted octanol–water partition coefficient (Wildman–Crippen LogP) is 3.54. The molecular weight excluding hydrogens is 314 g/mol. The number of hydrogen-bond acceptors (Lipinski definition) is 4. The van der Waals surface area contributed by atoms with Gasteiger partial charge in [0.1, 0.15) is 5.75 Å². The van der Waals surface area contributed by atoms with E-state index in [0.717, 1.165) is 57.7 Å². The Kier molecular flexibility index (Phi) is 9.72. The zero-order valence-electron chi connectivity index (χ0n) is 13.9. The van der Waals surface area contributed by atoms with E-state index in [2.05, 4.69) is 4.90 Å². The van der Waals surface area contributed by atoms with Crippen molar-refractivity contribution in [2.45, 2.75) is 32.6 Å². The smallest absolute Gasteiger partial charge is 0.309 e. The molecular formula is C18H28ClNO3. The first-order valence-electron chi connectivity index (χ1n) is 8.36. The SMILES string of the molecule is CCOC(=O)C1CCN(CCCCOc2ccccc2)CC1.Cl. The van der Waals surface area contributed by atoms with Gasteiger partial charge >= 0.3 is 5.97 Å². The van der Waals surface area contributed by atoms with Gasteiger partial charge in [-0.25, -0.2) is 0 Å². The molecule has 0 bridgehead atoms. The lowest BCUT2D eigenvalue weighted by Gasteiger charge is -2.30. The number of nitrogens with zero attached hydrogens (tertiary/aromatic N) is 1. The van der Waals surface area contributed by atoms with Crippen LogP contribution in [-0.4, -0.2) is 43.7 Å². The number of piperidine rings is 1. The van der Waals surface area contributed by atoms with E-state index in [9.17, 15) is 4.79 Å². The van der Waals surface area contributed by atoms with Crippen molar-refractivity contribution in [3.05, 3.63) is 30.3 Å². The molecule has 0 unspecified atom stereocenters. The second-order valence-corrected chi connectivity index (χ2v) is 5.74. The number of para-hydroxylation sites is 1. The van der Waals surface area contributed by atoms with Gasteiger partial charge in [-0.2, -0.15) is 0 Å². The lowest BCUT2D eigenvalue weighted by atomic mass is 9.97. The highest BCUT2D eigenvalue weighted by Gasteiger charge is 2.25. The van der Waals surface area contributed by atoms with Gasteiger partial charge in [0, 0.05) is 0 Å². The molecule has 0 radical (unpaired) electrons. The molecule has 0 aliphatic carbocycles. The monoisotopic (exact) mass is 341 g/mol. The summed E-state index contributed by atoms with van der Waals surface area (Å²) in [7, 11) is 0. The van der Waals surface area contributed by atoms with Crippen LogP contribution in [0.4, 0.5) is 0 Å². The van der Waals surface area contributed by atoms with Gasteiger partial charge in [0.15, 0.2) is 0 Å². The molecule has 0 spiro atoms. The van der Waals surface area contributed by atoms with Crippen LogP contribution in [0.5, 0.6) is 5.75 Å². The molecule has 1 aromatic carbocycles. The summed E-state index contributed by atoms with van der Waals surface area (Å²) in [5, 5.41) is 0. The Hall–Kier alpha value is -1.26. The number of carbonyl (C=O) groups is 1. The number of halogens is 1. The van der Waals surface area contributed by atoms with Crippen LogP contribution < -0.4 is 4.74 Å². The molecule has 4 nitrogen and oxygen atoms in total. The first-order chi connectivity index (χ1) is 10.8. The Labute approximate surface area is 145 Å². The average molecular weight is 342 g/mol. The number of carbonyl (C=O) groups excluding carboxylic acids is 1. The minimum Gasteiger partial charge on any atom is -0.494 e. The summed E-state index contributed by atoms with van der Waals surface area (Å²) in [6.07, 6.45) is 4.06. The minimum atomic E-state index is -0.0154. The predicted molar refractivity (Wildman–Crippen MR) is 94.2 cm³/mol. The van der Waals surface area contributed by atoms with Crippen LogP contribution in [0.3, 0.4) is 0 Å². The first-order valence-corrected chi connectivity index (χ1v) is 8.36. The van der Waals surface area contributed by atoms with Gasteiger partial charge in [0.25, 0.3) is 0 Å². The summed E-state index contributed by atoms with van der Waals surface area (Å²) in [4.78, 5) is 14.1. The summed E-state index contributed by atoms with van der Waals surface area (Å²) in [6.45, 7) is 6.22. The Morgan fingerprint density at radius 3 is 2.52 bits per heavy atom. The minimum absolute atomic E-state index is 0. The van der Waals surface area contributed by atoms with E-state index < -0.39 is 0 Å². The Morgan fingerprint density at radius 1 is 1.17 bits per heavy atom. The molecule has 0 N–H and O–H groups in total. The van der Waals surface area contributed by atoms with Crippen LogP contribution in [0, 0.1) is 5.92 Å². The van der Waals surface area contributed by atoms with E-state index in [1.165, 1.54) is 0 Å². The summed E-state index contributed by atoms with van der Waals surface area (Å²) in [5.74, 6) is 1.04. The molecule has 0 saturated carbocycles. The third-order valence-corrected chi connectivity index (χ3v) is 4.09. The number of rotatable bonds is 8. The number of likely N-dealkylation sites (tertiary alicyclic amines) is 1. The van der Waals surface area contributed by atoms with Crippen molar-refractivity contribution in [1.82, 2.24) is 4.90 Å². The van der Waals surface area contributed by atoms with Crippen molar-refractivity contribution in [2.75, 3.05) is 32.8 Å².